The van der Waals surface area contributed by atoms with Crippen molar-refractivity contribution in [2.75, 3.05) is 11.9 Å². The van der Waals surface area contributed by atoms with Gasteiger partial charge < -0.3 is 10.1 Å². The summed E-state index contributed by atoms with van der Waals surface area (Å²) in [5.74, 6) is -1.30. The molecule has 8 nitrogen and oxygen atoms in total. The van der Waals surface area contributed by atoms with Crippen molar-refractivity contribution >= 4 is 29.0 Å². The van der Waals surface area contributed by atoms with Gasteiger partial charge in [-0.2, -0.15) is 0 Å². The maximum Gasteiger partial charge on any atom is 0.338 e. The molecule has 0 saturated heterocycles. The summed E-state index contributed by atoms with van der Waals surface area (Å²) in [7, 11) is 0. The SMILES string of the molecule is CCC(=O)Nc1ccc(C(=O)OCC(=O)c2ccc([N+](=O)[O-])cc2)cc1. The van der Waals surface area contributed by atoms with Gasteiger partial charge >= 0.3 is 5.97 Å². The third-order valence-corrected chi connectivity index (χ3v) is 3.46. The predicted octanol–water partition coefficient (Wildman–Crippen LogP) is 2.98. The number of ether oxygens (including phenoxy) is 1. The number of nitrogens with zero attached hydrogens (tertiary/aromatic N) is 1. The summed E-state index contributed by atoms with van der Waals surface area (Å²) in [5, 5.41) is 13.2. The lowest BCUT2D eigenvalue weighted by Gasteiger charge is -2.06. The lowest BCUT2D eigenvalue weighted by molar-refractivity contribution is -0.384. The molecule has 0 heterocycles. The van der Waals surface area contributed by atoms with Crippen molar-refractivity contribution in [1.82, 2.24) is 0 Å². The van der Waals surface area contributed by atoms with E-state index in [4.69, 9.17) is 4.74 Å². The molecule has 0 spiro atoms. The minimum atomic E-state index is -0.686. The van der Waals surface area contributed by atoms with Crippen LogP contribution in [-0.2, 0) is 9.53 Å². The monoisotopic (exact) mass is 356 g/mol. The summed E-state index contributed by atoms with van der Waals surface area (Å²) < 4.78 is 4.95. The van der Waals surface area contributed by atoms with Gasteiger partial charge in [-0.25, -0.2) is 4.79 Å². The van der Waals surface area contributed by atoms with E-state index in [9.17, 15) is 24.5 Å². The number of nitro benzene ring substituents is 1. The van der Waals surface area contributed by atoms with Crippen LogP contribution in [0.25, 0.3) is 0 Å². The Morgan fingerprint density at radius 2 is 1.58 bits per heavy atom. The molecule has 2 rings (SSSR count). The summed E-state index contributed by atoms with van der Waals surface area (Å²) in [5.41, 5.74) is 0.862. The predicted molar refractivity (Wildman–Crippen MR) is 93.1 cm³/mol. The zero-order valence-corrected chi connectivity index (χ0v) is 13.9. The Morgan fingerprint density at radius 3 is 2.12 bits per heavy atom. The van der Waals surface area contributed by atoms with Gasteiger partial charge in [-0.3, -0.25) is 19.7 Å². The van der Waals surface area contributed by atoms with E-state index in [-0.39, 0.29) is 22.7 Å². The molecule has 8 heteroatoms. The molecule has 2 aromatic rings. The number of nitro groups is 1. The van der Waals surface area contributed by atoms with Gasteiger partial charge in [0.25, 0.3) is 5.69 Å². The molecule has 0 unspecified atom stereocenters. The van der Waals surface area contributed by atoms with E-state index in [2.05, 4.69) is 5.32 Å². The average Bonchev–Trinajstić information content (AvgIpc) is 2.66. The van der Waals surface area contributed by atoms with E-state index in [1.807, 2.05) is 0 Å². The number of amides is 1. The van der Waals surface area contributed by atoms with Gasteiger partial charge in [-0.15, -0.1) is 0 Å². The number of anilines is 1. The van der Waals surface area contributed by atoms with Gasteiger partial charge in [0, 0.05) is 29.8 Å². The number of esters is 1. The van der Waals surface area contributed by atoms with Crippen molar-refractivity contribution in [2.45, 2.75) is 13.3 Å². The quantitative estimate of drug-likeness (QED) is 0.353. The normalized spacial score (nSPS) is 10.0. The molecule has 1 N–H and O–H groups in total. The standard InChI is InChI=1S/C18H16N2O6/c1-2-17(22)19-14-7-3-13(4-8-14)18(23)26-11-16(21)12-5-9-15(10-6-12)20(24)25/h3-10H,2,11H2,1H3,(H,19,22). The second-order valence-corrected chi connectivity index (χ2v) is 5.28. The van der Waals surface area contributed by atoms with Crippen molar-refractivity contribution in [3.8, 4) is 0 Å². The van der Waals surface area contributed by atoms with Crippen LogP contribution < -0.4 is 5.32 Å². The molecule has 0 saturated carbocycles. The third kappa shape index (κ3) is 4.97. The summed E-state index contributed by atoms with van der Waals surface area (Å²) >= 11 is 0. The number of carbonyl (C=O) groups excluding carboxylic acids is 3. The maximum absolute atomic E-state index is 12.0. The first-order valence-electron chi connectivity index (χ1n) is 7.75. The highest BCUT2D eigenvalue weighted by molar-refractivity contribution is 5.99. The summed E-state index contributed by atoms with van der Waals surface area (Å²) in [4.78, 5) is 45.2. The highest BCUT2D eigenvalue weighted by Gasteiger charge is 2.13. The summed E-state index contributed by atoms with van der Waals surface area (Å²) in [6, 6.07) is 11.1. The van der Waals surface area contributed by atoms with E-state index in [1.165, 1.54) is 36.4 Å². The highest BCUT2D eigenvalue weighted by Crippen LogP contribution is 2.14. The molecule has 1 amide bonds. The third-order valence-electron chi connectivity index (χ3n) is 3.46. The van der Waals surface area contributed by atoms with Crippen LogP contribution in [0.3, 0.4) is 0 Å². The molecule has 2 aromatic carbocycles. The number of benzene rings is 2. The van der Waals surface area contributed by atoms with E-state index < -0.39 is 23.3 Å². The topological polar surface area (TPSA) is 116 Å². The molecule has 0 atom stereocenters. The molecular formula is C18H16N2O6. The van der Waals surface area contributed by atoms with Crippen LogP contribution in [0.1, 0.15) is 34.1 Å². The van der Waals surface area contributed by atoms with Crippen molar-refractivity contribution in [3.63, 3.8) is 0 Å². The lowest BCUT2D eigenvalue weighted by Crippen LogP contribution is -2.14. The van der Waals surface area contributed by atoms with Crippen LogP contribution >= 0.6 is 0 Å². The molecule has 134 valence electrons. The van der Waals surface area contributed by atoms with Crippen molar-refractivity contribution < 1.29 is 24.0 Å². The fourth-order valence-corrected chi connectivity index (χ4v) is 2.01. The maximum atomic E-state index is 12.0. The number of rotatable bonds is 7. The van der Waals surface area contributed by atoms with Crippen LogP contribution in [0.15, 0.2) is 48.5 Å². The van der Waals surface area contributed by atoms with Gasteiger partial charge in [0.05, 0.1) is 10.5 Å². The number of ketones is 1. The first-order chi connectivity index (χ1) is 12.4. The fraction of sp³-hybridized carbons (Fsp3) is 0.167. The molecule has 0 bridgehead atoms. The first-order valence-corrected chi connectivity index (χ1v) is 7.75. The Morgan fingerprint density at radius 1 is 1.00 bits per heavy atom. The number of hydrogen-bond acceptors (Lipinski definition) is 6. The Kier molecular flexibility index (Phi) is 6.15. The number of Topliss-reactive ketones (excluding diaryl/α,β-unsaturated/α-hetero) is 1. The molecular weight excluding hydrogens is 340 g/mol. The van der Waals surface area contributed by atoms with E-state index >= 15 is 0 Å². The van der Waals surface area contributed by atoms with E-state index in [0.29, 0.717) is 12.1 Å². The Hall–Kier alpha value is -3.55. The lowest BCUT2D eigenvalue weighted by atomic mass is 10.1. The minimum Gasteiger partial charge on any atom is -0.454 e. The summed E-state index contributed by atoms with van der Waals surface area (Å²) in [6.45, 7) is 1.24. The zero-order valence-electron chi connectivity index (χ0n) is 13.9. The number of carbonyl (C=O) groups is 3. The Balaban J connectivity index is 1.92. The molecule has 0 aliphatic rings. The van der Waals surface area contributed by atoms with Gasteiger partial charge in [-0.1, -0.05) is 6.92 Å². The molecule has 0 radical (unpaired) electrons. The summed E-state index contributed by atoms with van der Waals surface area (Å²) in [6.07, 6.45) is 0.342. The molecule has 0 fully saturated rings. The van der Waals surface area contributed by atoms with Crippen molar-refractivity contribution in [1.29, 1.82) is 0 Å². The Bertz CT molecular complexity index is 828. The molecule has 0 aliphatic heterocycles. The largest absolute Gasteiger partial charge is 0.454 e. The van der Waals surface area contributed by atoms with Gasteiger partial charge in [-0.05, 0) is 36.4 Å². The van der Waals surface area contributed by atoms with Crippen LogP contribution in [0.2, 0.25) is 0 Å². The van der Waals surface area contributed by atoms with Gasteiger partial charge in [0.1, 0.15) is 0 Å². The first kappa shape index (κ1) is 18.8. The van der Waals surface area contributed by atoms with Crippen molar-refractivity contribution in [3.05, 3.63) is 69.8 Å². The van der Waals surface area contributed by atoms with Crippen molar-refractivity contribution in [2.24, 2.45) is 0 Å². The number of non-ortho nitro benzene ring substituents is 1. The fourth-order valence-electron chi connectivity index (χ4n) is 2.01. The number of hydrogen-bond donors (Lipinski definition) is 1. The van der Waals surface area contributed by atoms with E-state index in [0.717, 1.165) is 0 Å². The second kappa shape index (κ2) is 8.52. The molecule has 0 aliphatic carbocycles. The highest BCUT2D eigenvalue weighted by atomic mass is 16.6. The Labute approximate surface area is 148 Å². The van der Waals surface area contributed by atoms with Gasteiger partial charge in [0.2, 0.25) is 5.91 Å². The average molecular weight is 356 g/mol. The van der Waals surface area contributed by atoms with Crippen LogP contribution in [0, 0.1) is 10.1 Å². The molecule has 26 heavy (non-hydrogen) atoms. The molecule has 0 aromatic heterocycles. The van der Waals surface area contributed by atoms with Crippen LogP contribution in [-0.4, -0.2) is 29.2 Å². The minimum absolute atomic E-state index is 0.131. The van der Waals surface area contributed by atoms with E-state index in [1.54, 1.807) is 19.1 Å². The van der Waals surface area contributed by atoms with Gasteiger partial charge in [0.15, 0.2) is 12.4 Å². The second-order valence-electron chi connectivity index (χ2n) is 5.28. The van der Waals surface area contributed by atoms with Crippen LogP contribution in [0.4, 0.5) is 11.4 Å². The smallest absolute Gasteiger partial charge is 0.338 e. The van der Waals surface area contributed by atoms with Crippen LogP contribution in [0.5, 0.6) is 0 Å². The zero-order chi connectivity index (χ0) is 19.1. The number of nitrogens with one attached hydrogen (secondary N) is 1.